The van der Waals surface area contributed by atoms with Gasteiger partial charge >= 0.3 is 0 Å². The fourth-order valence-corrected chi connectivity index (χ4v) is 4.22. The second-order valence-electron chi connectivity index (χ2n) is 5.58. The van der Waals surface area contributed by atoms with Crippen molar-refractivity contribution in [3.63, 3.8) is 0 Å². The fourth-order valence-electron chi connectivity index (χ4n) is 2.95. The number of likely N-dealkylation sites (N-methyl/N-ethyl adjacent to an activating group) is 1. The molecule has 1 aliphatic carbocycles. The highest BCUT2D eigenvalue weighted by molar-refractivity contribution is 7.89. The van der Waals surface area contributed by atoms with E-state index in [2.05, 4.69) is 4.72 Å². The SMILES string of the molecule is CN1CC(NS(=O)(=O)c2ccc3c(c2)CCC3)CC1=O. The van der Waals surface area contributed by atoms with Crippen molar-refractivity contribution in [2.24, 2.45) is 0 Å². The molecule has 2 aliphatic rings. The van der Waals surface area contributed by atoms with Crippen molar-refractivity contribution in [3.05, 3.63) is 29.3 Å². The van der Waals surface area contributed by atoms with Crippen LogP contribution in [0, 0.1) is 0 Å². The van der Waals surface area contributed by atoms with Gasteiger partial charge in [-0.1, -0.05) is 6.07 Å². The Labute approximate surface area is 119 Å². The first-order valence-electron chi connectivity index (χ1n) is 6.84. The molecular formula is C14H18N2O3S. The van der Waals surface area contributed by atoms with Crippen LogP contribution in [0.5, 0.6) is 0 Å². The van der Waals surface area contributed by atoms with Crippen molar-refractivity contribution in [2.45, 2.75) is 36.6 Å². The van der Waals surface area contributed by atoms with Crippen LogP contribution in [-0.4, -0.2) is 38.9 Å². The van der Waals surface area contributed by atoms with E-state index in [4.69, 9.17) is 0 Å². The van der Waals surface area contributed by atoms with Crippen LogP contribution in [0.2, 0.25) is 0 Å². The molecule has 1 fully saturated rings. The number of hydrogen-bond donors (Lipinski definition) is 1. The number of fused-ring (bicyclic) bond motifs is 1. The summed E-state index contributed by atoms with van der Waals surface area (Å²) in [7, 11) is -1.85. The van der Waals surface area contributed by atoms with Gasteiger partial charge in [0.15, 0.2) is 0 Å². The van der Waals surface area contributed by atoms with Crippen molar-refractivity contribution in [1.29, 1.82) is 0 Å². The largest absolute Gasteiger partial charge is 0.344 e. The lowest BCUT2D eigenvalue weighted by Gasteiger charge is -2.13. The maximum atomic E-state index is 12.4. The lowest BCUT2D eigenvalue weighted by molar-refractivity contribution is -0.126. The first-order chi connectivity index (χ1) is 9.45. The van der Waals surface area contributed by atoms with Crippen LogP contribution >= 0.6 is 0 Å². The molecule has 1 amide bonds. The molecule has 0 spiro atoms. The molecule has 108 valence electrons. The smallest absolute Gasteiger partial charge is 0.240 e. The lowest BCUT2D eigenvalue weighted by Crippen LogP contribution is -2.36. The highest BCUT2D eigenvalue weighted by Crippen LogP contribution is 2.25. The molecule has 1 saturated heterocycles. The third-order valence-electron chi connectivity index (χ3n) is 4.04. The third-order valence-corrected chi connectivity index (χ3v) is 5.56. The Morgan fingerprint density at radius 3 is 2.70 bits per heavy atom. The summed E-state index contributed by atoms with van der Waals surface area (Å²) in [6, 6.07) is 5.01. The molecule has 0 saturated carbocycles. The van der Waals surface area contributed by atoms with Crippen LogP contribution in [0.15, 0.2) is 23.1 Å². The standard InChI is InChI=1S/C14H18N2O3S/c1-16-9-12(8-14(16)17)15-20(18,19)13-6-5-10-3-2-4-11(10)7-13/h5-7,12,15H,2-4,8-9H2,1H3. The van der Waals surface area contributed by atoms with Gasteiger partial charge in [-0.25, -0.2) is 13.1 Å². The average molecular weight is 294 g/mol. The van der Waals surface area contributed by atoms with Crippen LogP contribution in [0.1, 0.15) is 24.0 Å². The van der Waals surface area contributed by atoms with Crippen LogP contribution in [0.3, 0.4) is 0 Å². The topological polar surface area (TPSA) is 66.5 Å². The molecule has 1 unspecified atom stereocenters. The zero-order chi connectivity index (χ0) is 14.3. The molecule has 1 aromatic rings. The summed E-state index contributed by atoms with van der Waals surface area (Å²) in [6.45, 7) is 0.434. The predicted molar refractivity (Wildman–Crippen MR) is 74.8 cm³/mol. The molecule has 1 aromatic carbocycles. The number of likely N-dealkylation sites (tertiary alicyclic amines) is 1. The Kier molecular flexibility index (Phi) is 3.30. The number of aryl methyl sites for hydroxylation is 2. The second-order valence-corrected chi connectivity index (χ2v) is 7.29. The van der Waals surface area contributed by atoms with E-state index in [1.54, 1.807) is 24.1 Å². The quantitative estimate of drug-likeness (QED) is 0.891. The van der Waals surface area contributed by atoms with E-state index in [0.29, 0.717) is 11.4 Å². The molecule has 1 atom stereocenters. The van der Waals surface area contributed by atoms with Crippen molar-refractivity contribution in [2.75, 3.05) is 13.6 Å². The molecule has 1 N–H and O–H groups in total. The maximum absolute atomic E-state index is 12.4. The minimum absolute atomic E-state index is 0.0216. The summed E-state index contributed by atoms with van der Waals surface area (Å²) in [5.41, 5.74) is 2.38. The van der Waals surface area contributed by atoms with Crippen molar-refractivity contribution >= 4 is 15.9 Å². The number of carbonyl (C=O) groups excluding carboxylic acids is 1. The van der Waals surface area contributed by atoms with Crippen LogP contribution in [-0.2, 0) is 27.7 Å². The minimum atomic E-state index is -3.54. The van der Waals surface area contributed by atoms with Gasteiger partial charge in [0.25, 0.3) is 0 Å². The number of sulfonamides is 1. The van der Waals surface area contributed by atoms with Gasteiger partial charge in [0.05, 0.1) is 4.90 Å². The summed E-state index contributed by atoms with van der Waals surface area (Å²) >= 11 is 0. The first kappa shape index (κ1) is 13.6. The predicted octanol–water partition coefficient (Wildman–Crippen LogP) is 0.684. The number of nitrogens with zero attached hydrogens (tertiary/aromatic N) is 1. The molecule has 0 bridgehead atoms. The minimum Gasteiger partial charge on any atom is -0.344 e. The molecule has 3 rings (SSSR count). The summed E-state index contributed by atoms with van der Waals surface area (Å²) in [5.74, 6) is -0.0216. The molecule has 5 nitrogen and oxygen atoms in total. The van der Waals surface area contributed by atoms with E-state index in [1.807, 2.05) is 6.07 Å². The summed E-state index contributed by atoms with van der Waals surface area (Å²) in [6.07, 6.45) is 3.31. The first-order valence-corrected chi connectivity index (χ1v) is 8.32. The molecule has 1 aliphatic heterocycles. The molecule has 1 heterocycles. The van der Waals surface area contributed by atoms with E-state index >= 15 is 0 Å². The summed E-state index contributed by atoms with van der Waals surface area (Å²) in [5, 5.41) is 0. The number of carbonyl (C=O) groups is 1. The number of benzene rings is 1. The molecule has 0 aromatic heterocycles. The number of hydrogen-bond acceptors (Lipinski definition) is 3. The average Bonchev–Trinajstić information content (AvgIpc) is 2.95. The zero-order valence-electron chi connectivity index (χ0n) is 11.4. The van der Waals surface area contributed by atoms with Gasteiger partial charge in [0.2, 0.25) is 15.9 Å². The van der Waals surface area contributed by atoms with Crippen molar-refractivity contribution in [3.8, 4) is 0 Å². The monoisotopic (exact) mass is 294 g/mol. The Bertz CT molecular complexity index is 654. The van der Waals surface area contributed by atoms with Gasteiger partial charge in [-0.2, -0.15) is 0 Å². The van der Waals surface area contributed by atoms with E-state index in [9.17, 15) is 13.2 Å². The van der Waals surface area contributed by atoms with Gasteiger partial charge in [0, 0.05) is 26.1 Å². The van der Waals surface area contributed by atoms with E-state index in [0.717, 1.165) is 24.8 Å². The highest BCUT2D eigenvalue weighted by Gasteiger charge is 2.30. The van der Waals surface area contributed by atoms with Crippen LogP contribution < -0.4 is 4.72 Å². The summed E-state index contributed by atoms with van der Waals surface area (Å²) < 4.78 is 27.4. The normalized spacial score (nSPS) is 22.4. The van der Waals surface area contributed by atoms with Gasteiger partial charge in [-0.15, -0.1) is 0 Å². The van der Waals surface area contributed by atoms with Crippen molar-refractivity contribution < 1.29 is 13.2 Å². The van der Waals surface area contributed by atoms with Crippen molar-refractivity contribution in [1.82, 2.24) is 9.62 Å². The number of amides is 1. The molecule has 0 radical (unpaired) electrons. The van der Waals surface area contributed by atoms with E-state index in [-0.39, 0.29) is 18.4 Å². The number of nitrogens with one attached hydrogen (secondary N) is 1. The lowest BCUT2D eigenvalue weighted by atomic mass is 10.1. The summed E-state index contributed by atoms with van der Waals surface area (Å²) in [4.78, 5) is 13.3. The van der Waals surface area contributed by atoms with Gasteiger partial charge in [0.1, 0.15) is 0 Å². The molecule has 6 heteroatoms. The third kappa shape index (κ3) is 2.45. The Morgan fingerprint density at radius 2 is 2.00 bits per heavy atom. The zero-order valence-corrected chi connectivity index (χ0v) is 12.2. The van der Waals surface area contributed by atoms with Crippen LogP contribution in [0.4, 0.5) is 0 Å². The maximum Gasteiger partial charge on any atom is 0.240 e. The molecular weight excluding hydrogens is 276 g/mol. The van der Waals surface area contributed by atoms with Gasteiger partial charge < -0.3 is 4.90 Å². The second kappa shape index (κ2) is 4.86. The van der Waals surface area contributed by atoms with Gasteiger partial charge in [-0.05, 0) is 42.5 Å². The fraction of sp³-hybridized carbons (Fsp3) is 0.500. The Hall–Kier alpha value is -1.40. The van der Waals surface area contributed by atoms with E-state index in [1.165, 1.54) is 5.56 Å². The van der Waals surface area contributed by atoms with Crippen LogP contribution in [0.25, 0.3) is 0 Å². The van der Waals surface area contributed by atoms with E-state index < -0.39 is 10.0 Å². The Balaban J connectivity index is 1.80. The Morgan fingerprint density at radius 1 is 1.25 bits per heavy atom. The van der Waals surface area contributed by atoms with Gasteiger partial charge in [-0.3, -0.25) is 4.79 Å². The number of rotatable bonds is 3. The molecule has 20 heavy (non-hydrogen) atoms. The highest BCUT2D eigenvalue weighted by atomic mass is 32.2.